The number of thiazole rings is 1. The van der Waals surface area contributed by atoms with E-state index in [1.54, 1.807) is 18.4 Å². The minimum atomic E-state index is -0.655. The van der Waals surface area contributed by atoms with Gasteiger partial charge in [-0.2, -0.15) is 5.10 Å². The number of hydrogen-bond donors (Lipinski definition) is 0. The van der Waals surface area contributed by atoms with Gasteiger partial charge in [0.05, 0.1) is 45.9 Å². The number of hydrazone groups is 1. The molecule has 0 spiro atoms. The predicted molar refractivity (Wildman–Crippen MR) is 197 cm³/mol. The zero-order chi connectivity index (χ0) is 34.1. The highest BCUT2D eigenvalue weighted by Gasteiger charge is 2.33. The van der Waals surface area contributed by atoms with Crippen LogP contribution in [0.5, 0.6) is 0 Å². The standard InChI is InChI=1S/C40H37N5O3S/c1-5-48-39(47)36-26(2)41-40-44(37(36)30-18-22-31(23-19-30)43(3)4)38(46)35(49-40)24-27-16-20-32(21-17-27)45-34(29-14-10-7-11-15-29)25-33(42-45)28-12-8-6-9-13-28/h6-24,34,37H,5,25H2,1-4H3/b35-24+/t34-,37-/m1/s1. The van der Waals surface area contributed by atoms with Crippen LogP contribution in [0.4, 0.5) is 11.4 Å². The molecule has 0 unspecified atom stereocenters. The summed E-state index contributed by atoms with van der Waals surface area (Å²) in [5, 5.41) is 7.18. The van der Waals surface area contributed by atoms with Crippen molar-refractivity contribution in [3.05, 3.63) is 162 Å². The van der Waals surface area contributed by atoms with Gasteiger partial charge in [-0.25, -0.2) is 9.79 Å². The topological polar surface area (TPSA) is 79.5 Å². The Kier molecular flexibility index (Phi) is 8.84. The number of ether oxygens (including phenoxy) is 1. The van der Waals surface area contributed by atoms with E-state index in [1.165, 1.54) is 16.9 Å². The Labute approximate surface area is 289 Å². The molecule has 3 heterocycles. The van der Waals surface area contributed by atoms with E-state index in [-0.39, 0.29) is 18.2 Å². The SMILES string of the molecule is CCOC(=O)C1=C(C)N=c2s/c(=C/c3ccc(N4N=C(c5ccccc5)C[C@@H]4c4ccccc4)cc3)c(=O)n2[C@@H]1c1ccc(N(C)C)cc1. The lowest BCUT2D eigenvalue weighted by atomic mass is 9.95. The maximum absolute atomic E-state index is 14.1. The van der Waals surface area contributed by atoms with Crippen LogP contribution >= 0.6 is 11.3 Å². The average molecular weight is 668 g/mol. The second kappa shape index (κ2) is 13.5. The molecule has 49 heavy (non-hydrogen) atoms. The van der Waals surface area contributed by atoms with Crippen LogP contribution in [-0.2, 0) is 9.53 Å². The molecular formula is C40H37N5O3S. The first-order valence-corrected chi connectivity index (χ1v) is 17.2. The van der Waals surface area contributed by atoms with Crippen LogP contribution in [0.25, 0.3) is 6.08 Å². The molecule has 7 rings (SSSR count). The first-order valence-electron chi connectivity index (χ1n) is 16.4. The fourth-order valence-electron chi connectivity index (χ4n) is 6.42. The van der Waals surface area contributed by atoms with Crippen molar-refractivity contribution >= 4 is 40.5 Å². The molecule has 0 amide bonds. The number of allylic oxidation sites excluding steroid dienone is 1. The average Bonchev–Trinajstić information content (AvgIpc) is 3.70. The summed E-state index contributed by atoms with van der Waals surface area (Å²) in [6.45, 7) is 3.80. The number of benzene rings is 4. The smallest absolute Gasteiger partial charge is 0.338 e. The predicted octanol–water partition coefficient (Wildman–Crippen LogP) is 6.22. The van der Waals surface area contributed by atoms with Crippen molar-refractivity contribution in [1.29, 1.82) is 0 Å². The third-order valence-electron chi connectivity index (χ3n) is 8.90. The van der Waals surface area contributed by atoms with Crippen molar-refractivity contribution in [3.8, 4) is 0 Å². The molecule has 2 aliphatic heterocycles. The van der Waals surface area contributed by atoms with Crippen LogP contribution in [0.2, 0.25) is 0 Å². The lowest BCUT2D eigenvalue weighted by Crippen LogP contribution is -2.39. The number of aromatic nitrogens is 1. The van der Waals surface area contributed by atoms with Gasteiger partial charge in [0.25, 0.3) is 5.56 Å². The largest absolute Gasteiger partial charge is 0.463 e. The van der Waals surface area contributed by atoms with E-state index in [4.69, 9.17) is 14.8 Å². The summed E-state index contributed by atoms with van der Waals surface area (Å²) in [4.78, 5) is 34.7. The summed E-state index contributed by atoms with van der Waals surface area (Å²) >= 11 is 1.32. The second-order valence-corrected chi connectivity index (χ2v) is 13.3. The lowest BCUT2D eigenvalue weighted by Gasteiger charge is -2.25. The minimum Gasteiger partial charge on any atom is -0.463 e. The zero-order valence-electron chi connectivity index (χ0n) is 27.9. The van der Waals surface area contributed by atoms with Gasteiger partial charge in [0.1, 0.15) is 0 Å². The molecule has 2 aliphatic rings. The van der Waals surface area contributed by atoms with Gasteiger partial charge >= 0.3 is 5.97 Å². The summed E-state index contributed by atoms with van der Waals surface area (Å²) in [5.74, 6) is -0.468. The molecule has 246 valence electrons. The van der Waals surface area contributed by atoms with E-state index in [1.807, 2.05) is 97.9 Å². The highest BCUT2D eigenvalue weighted by atomic mass is 32.1. The van der Waals surface area contributed by atoms with Crippen molar-refractivity contribution in [1.82, 2.24) is 4.57 Å². The number of hydrogen-bond acceptors (Lipinski definition) is 8. The maximum atomic E-state index is 14.1. The fraction of sp³-hybridized carbons (Fsp3) is 0.200. The van der Waals surface area contributed by atoms with Crippen LogP contribution in [0, 0.1) is 0 Å². The molecule has 0 fully saturated rings. The number of anilines is 2. The van der Waals surface area contributed by atoms with E-state index in [0.717, 1.165) is 40.2 Å². The number of esters is 1. The molecule has 0 saturated carbocycles. The molecule has 0 radical (unpaired) electrons. The molecule has 5 aromatic rings. The number of nitrogens with zero attached hydrogens (tertiary/aromatic N) is 5. The molecule has 1 aromatic heterocycles. The molecule has 4 aromatic carbocycles. The van der Waals surface area contributed by atoms with E-state index < -0.39 is 12.0 Å². The van der Waals surface area contributed by atoms with Crippen molar-refractivity contribution in [2.45, 2.75) is 32.4 Å². The second-order valence-electron chi connectivity index (χ2n) is 12.3. The Morgan fingerprint density at radius 2 is 1.59 bits per heavy atom. The van der Waals surface area contributed by atoms with Crippen molar-refractivity contribution in [2.24, 2.45) is 10.1 Å². The van der Waals surface area contributed by atoms with Crippen LogP contribution < -0.4 is 24.8 Å². The summed E-state index contributed by atoms with van der Waals surface area (Å²) < 4.78 is 7.61. The van der Waals surface area contributed by atoms with Crippen molar-refractivity contribution in [2.75, 3.05) is 30.6 Å². The Balaban J connectivity index is 1.26. The Morgan fingerprint density at radius 1 is 0.918 bits per heavy atom. The Morgan fingerprint density at radius 3 is 2.24 bits per heavy atom. The monoisotopic (exact) mass is 667 g/mol. The molecule has 9 heteroatoms. The first kappa shape index (κ1) is 32.0. The van der Waals surface area contributed by atoms with Gasteiger partial charge in [-0.05, 0) is 66.4 Å². The van der Waals surface area contributed by atoms with Crippen LogP contribution in [0.3, 0.4) is 0 Å². The normalized spacial score (nSPS) is 17.4. The minimum absolute atomic E-state index is 0.0644. The van der Waals surface area contributed by atoms with E-state index >= 15 is 0 Å². The van der Waals surface area contributed by atoms with Gasteiger partial charge in [0.2, 0.25) is 0 Å². The van der Waals surface area contributed by atoms with Crippen molar-refractivity contribution < 1.29 is 9.53 Å². The number of carbonyl (C=O) groups excluding carboxylic acids is 1. The van der Waals surface area contributed by atoms with E-state index in [9.17, 15) is 9.59 Å². The molecule has 0 aliphatic carbocycles. The van der Waals surface area contributed by atoms with Gasteiger partial charge in [-0.1, -0.05) is 96.3 Å². The highest BCUT2D eigenvalue weighted by molar-refractivity contribution is 7.07. The summed E-state index contributed by atoms with van der Waals surface area (Å²) in [7, 11) is 3.95. The quantitative estimate of drug-likeness (QED) is 0.184. The number of carbonyl (C=O) groups is 1. The van der Waals surface area contributed by atoms with E-state index in [0.29, 0.717) is 20.6 Å². The maximum Gasteiger partial charge on any atom is 0.338 e. The van der Waals surface area contributed by atoms with Crippen molar-refractivity contribution in [3.63, 3.8) is 0 Å². The van der Waals surface area contributed by atoms with Crippen LogP contribution in [0.15, 0.2) is 135 Å². The number of fused-ring (bicyclic) bond motifs is 1. The molecule has 0 N–H and O–H groups in total. The highest BCUT2D eigenvalue weighted by Crippen LogP contribution is 2.37. The van der Waals surface area contributed by atoms with Gasteiger partial charge < -0.3 is 9.64 Å². The fourth-order valence-corrected chi connectivity index (χ4v) is 7.47. The summed E-state index contributed by atoms with van der Waals surface area (Å²) in [6, 6.07) is 36.2. The van der Waals surface area contributed by atoms with Gasteiger partial charge in [-0.3, -0.25) is 14.4 Å². The Hall–Kier alpha value is -5.54. The zero-order valence-corrected chi connectivity index (χ0v) is 28.7. The lowest BCUT2D eigenvalue weighted by molar-refractivity contribution is -0.139. The number of rotatable bonds is 8. The van der Waals surface area contributed by atoms with Gasteiger partial charge in [0, 0.05) is 26.2 Å². The van der Waals surface area contributed by atoms with Gasteiger partial charge in [0.15, 0.2) is 4.80 Å². The third kappa shape index (κ3) is 6.25. The molecule has 0 saturated heterocycles. The van der Waals surface area contributed by atoms with Gasteiger partial charge in [-0.15, -0.1) is 0 Å². The molecular weight excluding hydrogens is 631 g/mol. The molecule has 2 atom stereocenters. The van der Waals surface area contributed by atoms with Crippen LogP contribution in [0.1, 0.15) is 54.6 Å². The first-order chi connectivity index (χ1) is 23.8. The molecule has 0 bridgehead atoms. The van der Waals surface area contributed by atoms with Crippen LogP contribution in [-0.4, -0.2) is 37.0 Å². The van der Waals surface area contributed by atoms with E-state index in [2.05, 4.69) is 41.4 Å². The molecule has 8 nitrogen and oxygen atoms in total. The summed E-state index contributed by atoms with van der Waals surface area (Å²) in [6.07, 6.45) is 2.68. The third-order valence-corrected chi connectivity index (χ3v) is 9.88. The summed E-state index contributed by atoms with van der Waals surface area (Å²) in [5.41, 5.74) is 7.75. The Bertz CT molecular complexity index is 2240.